The lowest BCUT2D eigenvalue weighted by Crippen LogP contribution is -2.48. The largest absolute Gasteiger partial charge is 0.372 e. The van der Waals surface area contributed by atoms with Crippen LogP contribution in [0.25, 0.3) is 0 Å². The number of rotatable bonds is 4. The smallest absolute Gasteiger partial charge is 0.222 e. The Bertz CT molecular complexity index is 610. The summed E-state index contributed by atoms with van der Waals surface area (Å²) in [4.78, 5) is 26.0. The second-order valence-electron chi connectivity index (χ2n) is 6.92. The maximum Gasteiger partial charge on any atom is 0.222 e. The fourth-order valence-electron chi connectivity index (χ4n) is 3.60. The molecule has 0 atom stereocenters. The number of amides is 2. The lowest BCUT2D eigenvalue weighted by Gasteiger charge is -2.40. The van der Waals surface area contributed by atoms with Crippen LogP contribution in [0.5, 0.6) is 0 Å². The molecular formula is C19H25FN2O3. The van der Waals surface area contributed by atoms with Crippen LogP contribution in [-0.2, 0) is 20.7 Å². The van der Waals surface area contributed by atoms with Gasteiger partial charge in [-0.3, -0.25) is 9.59 Å². The molecule has 0 aliphatic carbocycles. The van der Waals surface area contributed by atoms with Crippen LogP contribution >= 0.6 is 0 Å². The molecule has 3 rings (SSSR count). The van der Waals surface area contributed by atoms with E-state index < -0.39 is 5.60 Å². The van der Waals surface area contributed by atoms with E-state index in [4.69, 9.17) is 4.74 Å². The van der Waals surface area contributed by atoms with Crippen LogP contribution in [0.15, 0.2) is 24.3 Å². The Morgan fingerprint density at radius 1 is 1.24 bits per heavy atom. The lowest BCUT2D eigenvalue weighted by molar-refractivity contribution is -0.140. The third-order valence-corrected chi connectivity index (χ3v) is 5.11. The van der Waals surface area contributed by atoms with Gasteiger partial charge in [-0.2, -0.15) is 0 Å². The van der Waals surface area contributed by atoms with Gasteiger partial charge in [0.1, 0.15) is 5.82 Å². The molecule has 136 valence electrons. The summed E-state index contributed by atoms with van der Waals surface area (Å²) in [6, 6.07) is 6.42. The molecule has 0 bridgehead atoms. The molecule has 2 aliphatic heterocycles. The second-order valence-corrected chi connectivity index (χ2v) is 6.92. The molecule has 2 fully saturated rings. The number of piperidine rings is 1. The lowest BCUT2D eigenvalue weighted by atomic mass is 9.87. The first-order valence-corrected chi connectivity index (χ1v) is 8.99. The first-order valence-electron chi connectivity index (χ1n) is 8.99. The van der Waals surface area contributed by atoms with Gasteiger partial charge in [0.2, 0.25) is 11.8 Å². The first kappa shape index (κ1) is 17.9. The zero-order valence-electron chi connectivity index (χ0n) is 14.4. The SMILES string of the molecule is O=C1CC2(CCN(C(=O)CCCc3ccc(F)cc3)CC2)OCCN1. The van der Waals surface area contributed by atoms with Crippen LogP contribution in [0.1, 0.15) is 37.7 Å². The predicted molar refractivity (Wildman–Crippen MR) is 91.5 cm³/mol. The summed E-state index contributed by atoms with van der Waals surface area (Å²) in [6.07, 6.45) is 3.83. The first-order chi connectivity index (χ1) is 12.1. The quantitative estimate of drug-likeness (QED) is 0.906. The molecule has 2 heterocycles. The number of carbonyl (C=O) groups excluding carboxylic acids is 2. The molecule has 1 N–H and O–H groups in total. The zero-order valence-corrected chi connectivity index (χ0v) is 14.4. The number of hydrogen-bond acceptors (Lipinski definition) is 3. The summed E-state index contributed by atoms with van der Waals surface area (Å²) in [7, 11) is 0. The Morgan fingerprint density at radius 3 is 2.68 bits per heavy atom. The number of ether oxygens (including phenoxy) is 1. The van der Waals surface area contributed by atoms with Crippen molar-refractivity contribution in [2.75, 3.05) is 26.2 Å². The average Bonchev–Trinajstić information content (AvgIpc) is 2.78. The molecule has 6 heteroatoms. The van der Waals surface area contributed by atoms with Crippen molar-refractivity contribution in [2.45, 2.75) is 44.1 Å². The minimum absolute atomic E-state index is 0.0385. The molecule has 1 spiro atoms. The van der Waals surface area contributed by atoms with Crippen LogP contribution in [-0.4, -0.2) is 48.6 Å². The topological polar surface area (TPSA) is 58.6 Å². The third-order valence-electron chi connectivity index (χ3n) is 5.11. The molecule has 0 radical (unpaired) electrons. The summed E-state index contributed by atoms with van der Waals surface area (Å²) < 4.78 is 18.8. The van der Waals surface area contributed by atoms with Crippen LogP contribution in [0.4, 0.5) is 4.39 Å². The van der Waals surface area contributed by atoms with Crippen LogP contribution < -0.4 is 5.32 Å². The number of carbonyl (C=O) groups is 2. The van der Waals surface area contributed by atoms with Crippen molar-refractivity contribution in [1.82, 2.24) is 10.2 Å². The predicted octanol–water partition coefficient (Wildman–Crippen LogP) is 2.05. The molecule has 0 aromatic heterocycles. The molecule has 1 aromatic rings. The fraction of sp³-hybridized carbons (Fsp3) is 0.579. The highest BCUT2D eigenvalue weighted by molar-refractivity contribution is 5.78. The van der Waals surface area contributed by atoms with Crippen molar-refractivity contribution in [3.05, 3.63) is 35.6 Å². The van der Waals surface area contributed by atoms with Gasteiger partial charge in [0, 0.05) is 26.1 Å². The van der Waals surface area contributed by atoms with Gasteiger partial charge in [-0.25, -0.2) is 4.39 Å². The number of aryl methyl sites for hydroxylation is 1. The minimum atomic E-state index is -0.397. The molecule has 2 amide bonds. The molecule has 1 aromatic carbocycles. The zero-order chi connectivity index (χ0) is 17.7. The van der Waals surface area contributed by atoms with Gasteiger partial charge in [-0.05, 0) is 43.4 Å². The van der Waals surface area contributed by atoms with Crippen molar-refractivity contribution < 1.29 is 18.7 Å². The molecule has 2 aliphatic rings. The number of benzene rings is 1. The van der Waals surface area contributed by atoms with E-state index in [-0.39, 0.29) is 17.6 Å². The monoisotopic (exact) mass is 348 g/mol. The van der Waals surface area contributed by atoms with Gasteiger partial charge >= 0.3 is 0 Å². The Morgan fingerprint density at radius 2 is 1.96 bits per heavy atom. The van der Waals surface area contributed by atoms with E-state index in [1.807, 2.05) is 4.90 Å². The minimum Gasteiger partial charge on any atom is -0.372 e. The van der Waals surface area contributed by atoms with Crippen molar-refractivity contribution in [1.29, 1.82) is 0 Å². The van der Waals surface area contributed by atoms with Crippen molar-refractivity contribution >= 4 is 11.8 Å². The van der Waals surface area contributed by atoms with Crippen molar-refractivity contribution in [3.8, 4) is 0 Å². The Kier molecular flexibility index (Phi) is 5.68. The van der Waals surface area contributed by atoms with E-state index in [1.165, 1.54) is 12.1 Å². The number of nitrogens with one attached hydrogen (secondary N) is 1. The van der Waals surface area contributed by atoms with Crippen LogP contribution in [0, 0.1) is 5.82 Å². The molecule has 0 unspecified atom stereocenters. The number of nitrogens with zero attached hydrogens (tertiary/aromatic N) is 1. The Labute approximate surface area is 147 Å². The van der Waals surface area contributed by atoms with Gasteiger partial charge in [-0.15, -0.1) is 0 Å². The maximum atomic E-state index is 12.9. The van der Waals surface area contributed by atoms with Gasteiger partial charge in [0.05, 0.1) is 18.6 Å². The van der Waals surface area contributed by atoms with E-state index in [2.05, 4.69) is 5.32 Å². The van der Waals surface area contributed by atoms with E-state index in [1.54, 1.807) is 12.1 Å². The summed E-state index contributed by atoms with van der Waals surface area (Å²) in [5.41, 5.74) is 0.649. The van der Waals surface area contributed by atoms with Gasteiger partial charge in [-0.1, -0.05) is 12.1 Å². The van der Waals surface area contributed by atoms with Gasteiger partial charge in [0.25, 0.3) is 0 Å². The fourth-order valence-corrected chi connectivity index (χ4v) is 3.60. The number of halogens is 1. The van der Waals surface area contributed by atoms with Crippen LogP contribution in [0.3, 0.4) is 0 Å². The maximum absolute atomic E-state index is 12.9. The molecular weight excluding hydrogens is 323 g/mol. The summed E-state index contributed by atoms with van der Waals surface area (Å²) in [5, 5.41) is 2.83. The Hall–Kier alpha value is -1.95. The molecule has 0 saturated carbocycles. The summed E-state index contributed by atoms with van der Waals surface area (Å²) in [5.74, 6) is -0.0527. The highest BCUT2D eigenvalue weighted by atomic mass is 19.1. The van der Waals surface area contributed by atoms with E-state index in [0.717, 1.165) is 18.4 Å². The van der Waals surface area contributed by atoms with Gasteiger partial charge < -0.3 is 15.0 Å². The average molecular weight is 348 g/mol. The van der Waals surface area contributed by atoms with Gasteiger partial charge in [0.15, 0.2) is 0 Å². The van der Waals surface area contributed by atoms with E-state index in [9.17, 15) is 14.0 Å². The second kappa shape index (κ2) is 7.95. The van der Waals surface area contributed by atoms with Crippen LogP contribution in [0.2, 0.25) is 0 Å². The molecule has 5 nitrogen and oxygen atoms in total. The third kappa shape index (κ3) is 4.78. The number of likely N-dealkylation sites (tertiary alicyclic amines) is 1. The highest BCUT2D eigenvalue weighted by Crippen LogP contribution is 2.31. The molecule has 2 saturated heterocycles. The van der Waals surface area contributed by atoms with Crippen molar-refractivity contribution in [2.24, 2.45) is 0 Å². The summed E-state index contributed by atoms with van der Waals surface area (Å²) in [6.45, 7) is 2.38. The number of hydrogen-bond donors (Lipinski definition) is 1. The highest BCUT2D eigenvalue weighted by Gasteiger charge is 2.39. The molecule has 25 heavy (non-hydrogen) atoms. The Balaban J connectivity index is 1.43. The summed E-state index contributed by atoms with van der Waals surface area (Å²) >= 11 is 0. The van der Waals surface area contributed by atoms with E-state index >= 15 is 0 Å². The van der Waals surface area contributed by atoms with Crippen molar-refractivity contribution in [3.63, 3.8) is 0 Å². The standard InChI is InChI=1S/C19H25FN2O3/c20-16-6-4-15(5-7-16)2-1-3-18(24)22-11-8-19(9-12-22)14-17(23)21-10-13-25-19/h4-7H,1-3,8-14H2,(H,21,23). The normalized spacial score (nSPS) is 20.2. The van der Waals surface area contributed by atoms with E-state index in [0.29, 0.717) is 51.9 Å².